The molecule has 18 heavy (non-hydrogen) atoms. The first kappa shape index (κ1) is 12.9. The van der Waals surface area contributed by atoms with Crippen LogP contribution in [0.15, 0.2) is 6.07 Å². The van der Waals surface area contributed by atoms with E-state index in [4.69, 9.17) is 9.47 Å². The summed E-state index contributed by atoms with van der Waals surface area (Å²) in [6, 6.07) is 2.50. The molecule has 1 fully saturated rings. The van der Waals surface area contributed by atoms with Crippen LogP contribution in [-0.2, 0) is 0 Å². The zero-order valence-electron chi connectivity index (χ0n) is 11.3. The van der Waals surface area contributed by atoms with Gasteiger partial charge in [0.2, 0.25) is 17.7 Å². The molecule has 0 bridgehead atoms. The Balaban J connectivity index is 2.25. The van der Waals surface area contributed by atoms with Gasteiger partial charge in [-0.25, -0.2) is 0 Å². The van der Waals surface area contributed by atoms with Gasteiger partial charge in [-0.05, 0) is 13.8 Å². The van der Waals surface area contributed by atoms with E-state index in [2.05, 4.69) is 34.0 Å². The lowest BCUT2D eigenvalue weighted by Gasteiger charge is -2.36. The summed E-state index contributed by atoms with van der Waals surface area (Å²) in [4.78, 5) is 10.9. The van der Waals surface area contributed by atoms with Crippen LogP contribution in [-0.4, -0.2) is 49.4 Å². The SMILES string of the molecule is COc1cc(OC)nc(N2CC(C)NC(C)C2)n1. The maximum Gasteiger partial charge on any atom is 0.232 e. The van der Waals surface area contributed by atoms with Crippen molar-refractivity contribution in [1.82, 2.24) is 15.3 Å². The molecule has 1 aromatic heterocycles. The van der Waals surface area contributed by atoms with Crippen LogP contribution in [0.4, 0.5) is 5.95 Å². The second-order valence-corrected chi connectivity index (χ2v) is 4.63. The number of aromatic nitrogens is 2. The average Bonchev–Trinajstić information content (AvgIpc) is 2.37. The molecule has 6 heteroatoms. The van der Waals surface area contributed by atoms with Gasteiger partial charge in [0, 0.05) is 25.2 Å². The van der Waals surface area contributed by atoms with Gasteiger partial charge in [0.05, 0.1) is 20.3 Å². The van der Waals surface area contributed by atoms with Crippen LogP contribution in [0.3, 0.4) is 0 Å². The largest absolute Gasteiger partial charge is 0.481 e. The fourth-order valence-corrected chi connectivity index (χ4v) is 2.23. The second kappa shape index (κ2) is 5.39. The Morgan fingerprint density at radius 1 is 1.11 bits per heavy atom. The van der Waals surface area contributed by atoms with Crippen molar-refractivity contribution in [3.63, 3.8) is 0 Å². The zero-order chi connectivity index (χ0) is 13.1. The van der Waals surface area contributed by atoms with E-state index in [0.29, 0.717) is 29.8 Å². The minimum atomic E-state index is 0.412. The molecule has 0 aliphatic carbocycles. The van der Waals surface area contributed by atoms with Crippen LogP contribution in [0, 0.1) is 0 Å². The van der Waals surface area contributed by atoms with Crippen LogP contribution in [0.1, 0.15) is 13.8 Å². The molecule has 0 saturated carbocycles. The maximum atomic E-state index is 5.17. The summed E-state index contributed by atoms with van der Waals surface area (Å²) in [5.41, 5.74) is 0. The molecule has 2 unspecified atom stereocenters. The Kier molecular flexibility index (Phi) is 3.86. The zero-order valence-corrected chi connectivity index (χ0v) is 11.3. The third kappa shape index (κ3) is 2.81. The molecule has 0 aromatic carbocycles. The molecule has 2 rings (SSSR count). The summed E-state index contributed by atoms with van der Waals surface area (Å²) in [6.45, 7) is 6.06. The highest BCUT2D eigenvalue weighted by Gasteiger charge is 2.23. The number of ether oxygens (including phenoxy) is 2. The first-order chi connectivity index (χ1) is 8.62. The van der Waals surface area contributed by atoms with Crippen molar-refractivity contribution < 1.29 is 9.47 Å². The molecule has 100 valence electrons. The molecule has 1 aliphatic heterocycles. The first-order valence-electron chi connectivity index (χ1n) is 6.10. The van der Waals surface area contributed by atoms with Crippen molar-refractivity contribution in [3.8, 4) is 11.8 Å². The Morgan fingerprint density at radius 3 is 2.06 bits per heavy atom. The third-order valence-corrected chi connectivity index (χ3v) is 2.93. The third-order valence-electron chi connectivity index (χ3n) is 2.93. The number of nitrogens with zero attached hydrogens (tertiary/aromatic N) is 3. The molecule has 2 heterocycles. The van der Waals surface area contributed by atoms with Crippen LogP contribution >= 0.6 is 0 Å². The topological polar surface area (TPSA) is 59.5 Å². The van der Waals surface area contributed by atoms with Crippen molar-refractivity contribution in [2.75, 3.05) is 32.2 Å². The maximum absolute atomic E-state index is 5.17. The van der Waals surface area contributed by atoms with Gasteiger partial charge in [0.15, 0.2) is 0 Å². The summed E-state index contributed by atoms with van der Waals surface area (Å²) < 4.78 is 10.3. The highest BCUT2D eigenvalue weighted by molar-refractivity contribution is 5.37. The smallest absolute Gasteiger partial charge is 0.232 e. The fourth-order valence-electron chi connectivity index (χ4n) is 2.23. The lowest BCUT2D eigenvalue weighted by Crippen LogP contribution is -2.54. The number of methoxy groups -OCH3 is 2. The Labute approximate surface area is 107 Å². The van der Waals surface area contributed by atoms with E-state index in [-0.39, 0.29) is 0 Å². The minimum absolute atomic E-state index is 0.412. The predicted molar refractivity (Wildman–Crippen MR) is 69.4 cm³/mol. The van der Waals surface area contributed by atoms with Gasteiger partial charge < -0.3 is 19.7 Å². The lowest BCUT2D eigenvalue weighted by atomic mass is 10.1. The van der Waals surface area contributed by atoms with E-state index in [1.54, 1.807) is 20.3 Å². The Hall–Kier alpha value is -1.56. The Bertz CT molecular complexity index is 381. The van der Waals surface area contributed by atoms with Crippen molar-refractivity contribution >= 4 is 5.95 Å². The number of rotatable bonds is 3. The number of hydrogen-bond donors (Lipinski definition) is 1. The minimum Gasteiger partial charge on any atom is -0.481 e. The molecule has 1 aromatic rings. The molecule has 1 aliphatic rings. The normalized spacial score (nSPS) is 23.9. The van der Waals surface area contributed by atoms with E-state index in [9.17, 15) is 0 Å². The van der Waals surface area contributed by atoms with Crippen molar-refractivity contribution in [2.45, 2.75) is 25.9 Å². The summed E-state index contributed by atoms with van der Waals surface area (Å²) >= 11 is 0. The second-order valence-electron chi connectivity index (χ2n) is 4.63. The fraction of sp³-hybridized carbons (Fsp3) is 0.667. The number of hydrogen-bond acceptors (Lipinski definition) is 6. The summed E-state index contributed by atoms with van der Waals surface area (Å²) in [6.07, 6.45) is 0. The molecule has 1 saturated heterocycles. The van der Waals surface area contributed by atoms with Gasteiger partial charge in [-0.3, -0.25) is 0 Å². The summed E-state index contributed by atoms with van der Waals surface area (Å²) in [5.74, 6) is 1.71. The molecule has 0 spiro atoms. The van der Waals surface area contributed by atoms with Crippen LogP contribution in [0.5, 0.6) is 11.8 Å². The predicted octanol–water partition coefficient (Wildman–Crippen LogP) is 0.680. The van der Waals surface area contributed by atoms with Gasteiger partial charge in [-0.1, -0.05) is 0 Å². The van der Waals surface area contributed by atoms with Crippen molar-refractivity contribution in [1.29, 1.82) is 0 Å². The lowest BCUT2D eigenvalue weighted by molar-refractivity contribution is 0.365. The van der Waals surface area contributed by atoms with Gasteiger partial charge in [0.1, 0.15) is 0 Å². The number of piperazine rings is 1. The summed E-state index contributed by atoms with van der Waals surface area (Å²) in [5, 5.41) is 3.48. The van der Waals surface area contributed by atoms with E-state index in [1.165, 1.54) is 0 Å². The number of anilines is 1. The van der Waals surface area contributed by atoms with Gasteiger partial charge >= 0.3 is 0 Å². The van der Waals surface area contributed by atoms with Gasteiger partial charge in [0.25, 0.3) is 0 Å². The molecular weight excluding hydrogens is 232 g/mol. The molecule has 2 atom stereocenters. The van der Waals surface area contributed by atoms with Gasteiger partial charge in [-0.15, -0.1) is 0 Å². The Morgan fingerprint density at radius 2 is 1.61 bits per heavy atom. The van der Waals surface area contributed by atoms with E-state index in [1.807, 2.05) is 0 Å². The van der Waals surface area contributed by atoms with Crippen molar-refractivity contribution in [3.05, 3.63) is 6.07 Å². The van der Waals surface area contributed by atoms with Crippen LogP contribution < -0.4 is 19.7 Å². The first-order valence-corrected chi connectivity index (χ1v) is 6.10. The van der Waals surface area contributed by atoms with Crippen LogP contribution in [0.2, 0.25) is 0 Å². The molecule has 1 N–H and O–H groups in total. The average molecular weight is 252 g/mol. The standard InChI is InChI=1S/C12H20N4O2/c1-8-6-16(7-9(2)13-8)12-14-10(17-3)5-11(15-12)18-4/h5,8-9,13H,6-7H2,1-4H3. The molecule has 0 radical (unpaired) electrons. The number of nitrogens with one attached hydrogen (secondary N) is 1. The van der Waals surface area contributed by atoms with Crippen LogP contribution in [0.25, 0.3) is 0 Å². The highest BCUT2D eigenvalue weighted by Crippen LogP contribution is 2.21. The molecule has 0 amide bonds. The van der Waals surface area contributed by atoms with E-state index >= 15 is 0 Å². The monoisotopic (exact) mass is 252 g/mol. The molecule has 6 nitrogen and oxygen atoms in total. The summed E-state index contributed by atoms with van der Waals surface area (Å²) in [7, 11) is 3.18. The van der Waals surface area contributed by atoms with E-state index in [0.717, 1.165) is 13.1 Å². The quantitative estimate of drug-likeness (QED) is 0.853. The molecular formula is C12H20N4O2. The van der Waals surface area contributed by atoms with Crippen molar-refractivity contribution in [2.24, 2.45) is 0 Å². The van der Waals surface area contributed by atoms with E-state index < -0.39 is 0 Å². The highest BCUT2D eigenvalue weighted by atomic mass is 16.5. The van der Waals surface area contributed by atoms with Gasteiger partial charge in [-0.2, -0.15) is 9.97 Å².